The lowest BCUT2D eigenvalue weighted by Crippen LogP contribution is -2.50. The van der Waals surface area contributed by atoms with E-state index < -0.39 is 5.82 Å². The van der Waals surface area contributed by atoms with Gasteiger partial charge in [0.05, 0.1) is 12.1 Å². The van der Waals surface area contributed by atoms with Crippen molar-refractivity contribution in [3.05, 3.63) is 70.0 Å². The van der Waals surface area contributed by atoms with Crippen LogP contribution in [-0.4, -0.2) is 54.2 Å². The molecule has 26 heavy (non-hydrogen) atoms. The van der Waals surface area contributed by atoms with E-state index in [0.717, 1.165) is 5.56 Å². The Kier molecular flexibility index (Phi) is 5.69. The minimum atomic E-state index is -0.490. The van der Waals surface area contributed by atoms with E-state index >= 15 is 0 Å². The van der Waals surface area contributed by atoms with Gasteiger partial charge in [-0.1, -0.05) is 29.3 Å². The zero-order valence-electron chi connectivity index (χ0n) is 14.5. The first-order chi connectivity index (χ1) is 12.4. The Morgan fingerprint density at radius 2 is 1.81 bits per heavy atom. The van der Waals surface area contributed by atoms with Gasteiger partial charge in [0.1, 0.15) is 5.82 Å². The molecule has 0 saturated carbocycles. The molecule has 1 aliphatic heterocycles. The SMILES string of the molecule is Cc1ccc(F)c(C(=O)CN2CCN(C(=O)c3cccc(Cl)c3)CC2)c1. The molecule has 0 radical (unpaired) electrons. The maximum atomic E-state index is 13.9. The third-order valence-electron chi connectivity index (χ3n) is 4.52. The van der Waals surface area contributed by atoms with E-state index in [9.17, 15) is 14.0 Å². The van der Waals surface area contributed by atoms with Crippen molar-refractivity contribution in [1.29, 1.82) is 0 Å². The van der Waals surface area contributed by atoms with Crippen LogP contribution in [0, 0.1) is 12.7 Å². The smallest absolute Gasteiger partial charge is 0.253 e. The largest absolute Gasteiger partial charge is 0.336 e. The van der Waals surface area contributed by atoms with Crippen molar-refractivity contribution in [3.8, 4) is 0 Å². The number of piperazine rings is 1. The fraction of sp³-hybridized carbons (Fsp3) is 0.300. The number of carbonyl (C=O) groups is 2. The zero-order valence-corrected chi connectivity index (χ0v) is 15.3. The van der Waals surface area contributed by atoms with E-state index in [0.29, 0.717) is 36.8 Å². The molecule has 0 bridgehead atoms. The van der Waals surface area contributed by atoms with Crippen molar-refractivity contribution in [2.75, 3.05) is 32.7 Å². The summed E-state index contributed by atoms with van der Waals surface area (Å²) in [4.78, 5) is 28.6. The van der Waals surface area contributed by atoms with Crippen LogP contribution in [0.1, 0.15) is 26.3 Å². The predicted molar refractivity (Wildman–Crippen MR) is 99.3 cm³/mol. The molecule has 1 heterocycles. The number of ketones is 1. The van der Waals surface area contributed by atoms with Crippen LogP contribution in [0.25, 0.3) is 0 Å². The second-order valence-corrected chi connectivity index (χ2v) is 6.92. The monoisotopic (exact) mass is 374 g/mol. The number of carbonyl (C=O) groups excluding carboxylic acids is 2. The number of nitrogens with zero attached hydrogens (tertiary/aromatic N) is 2. The van der Waals surface area contributed by atoms with Crippen LogP contribution in [0.15, 0.2) is 42.5 Å². The molecule has 0 atom stereocenters. The fourth-order valence-corrected chi connectivity index (χ4v) is 3.24. The highest BCUT2D eigenvalue weighted by molar-refractivity contribution is 6.30. The topological polar surface area (TPSA) is 40.6 Å². The number of Topliss-reactive ketones (excluding diaryl/α,β-unsaturated/α-hetero) is 1. The molecule has 2 aromatic rings. The van der Waals surface area contributed by atoms with Crippen LogP contribution >= 0.6 is 11.6 Å². The Bertz CT molecular complexity index is 832. The molecule has 0 N–H and O–H groups in total. The number of rotatable bonds is 4. The number of hydrogen-bond acceptors (Lipinski definition) is 3. The van der Waals surface area contributed by atoms with E-state index in [2.05, 4.69) is 0 Å². The van der Waals surface area contributed by atoms with Gasteiger partial charge in [0.2, 0.25) is 0 Å². The van der Waals surface area contributed by atoms with Gasteiger partial charge in [-0.2, -0.15) is 0 Å². The molecular formula is C20H20ClFN2O2. The summed E-state index contributed by atoms with van der Waals surface area (Å²) in [6.45, 7) is 4.18. The van der Waals surface area contributed by atoms with Crippen molar-refractivity contribution in [1.82, 2.24) is 9.80 Å². The van der Waals surface area contributed by atoms with Gasteiger partial charge in [0, 0.05) is 36.8 Å². The normalized spacial score (nSPS) is 15.1. The van der Waals surface area contributed by atoms with Crippen molar-refractivity contribution >= 4 is 23.3 Å². The lowest BCUT2D eigenvalue weighted by atomic mass is 10.1. The molecule has 1 saturated heterocycles. The Hall–Kier alpha value is -2.24. The van der Waals surface area contributed by atoms with Crippen molar-refractivity contribution in [2.45, 2.75) is 6.92 Å². The minimum absolute atomic E-state index is 0.0665. The Morgan fingerprint density at radius 1 is 1.08 bits per heavy atom. The van der Waals surface area contributed by atoms with Crippen LogP contribution in [0.5, 0.6) is 0 Å². The summed E-state index contributed by atoms with van der Waals surface area (Å²) >= 11 is 5.94. The zero-order chi connectivity index (χ0) is 18.7. The average molecular weight is 375 g/mol. The summed E-state index contributed by atoms with van der Waals surface area (Å²) in [5.41, 5.74) is 1.54. The number of aryl methyl sites for hydroxylation is 1. The number of halogens is 2. The first-order valence-corrected chi connectivity index (χ1v) is 8.88. The minimum Gasteiger partial charge on any atom is -0.336 e. The molecule has 1 fully saturated rings. The summed E-state index contributed by atoms with van der Waals surface area (Å²) in [6, 6.07) is 11.4. The van der Waals surface area contributed by atoms with Crippen LogP contribution in [0.4, 0.5) is 4.39 Å². The van der Waals surface area contributed by atoms with Crippen LogP contribution in [0.3, 0.4) is 0 Å². The lowest BCUT2D eigenvalue weighted by Gasteiger charge is -2.34. The summed E-state index contributed by atoms with van der Waals surface area (Å²) in [6.07, 6.45) is 0. The number of hydrogen-bond donors (Lipinski definition) is 0. The van der Waals surface area contributed by atoms with Crippen LogP contribution < -0.4 is 0 Å². The maximum Gasteiger partial charge on any atom is 0.253 e. The molecule has 3 rings (SSSR count). The van der Waals surface area contributed by atoms with E-state index in [4.69, 9.17) is 11.6 Å². The first kappa shape index (κ1) is 18.5. The molecule has 0 spiro atoms. The Balaban J connectivity index is 1.57. The summed E-state index contributed by atoms with van der Waals surface area (Å²) in [7, 11) is 0. The van der Waals surface area contributed by atoms with Gasteiger partial charge >= 0.3 is 0 Å². The van der Waals surface area contributed by atoms with Crippen molar-refractivity contribution < 1.29 is 14.0 Å². The predicted octanol–water partition coefficient (Wildman–Crippen LogP) is 3.43. The molecule has 0 unspecified atom stereocenters. The summed E-state index contributed by atoms with van der Waals surface area (Å²) < 4.78 is 13.9. The van der Waals surface area contributed by atoms with Gasteiger partial charge in [0.25, 0.3) is 5.91 Å². The third kappa shape index (κ3) is 4.29. The first-order valence-electron chi connectivity index (χ1n) is 8.50. The van der Waals surface area contributed by atoms with E-state index in [-0.39, 0.29) is 23.8 Å². The molecule has 4 nitrogen and oxygen atoms in total. The average Bonchev–Trinajstić information content (AvgIpc) is 2.63. The number of amides is 1. The molecule has 136 valence electrons. The molecule has 2 aromatic carbocycles. The summed E-state index contributed by atoms with van der Waals surface area (Å²) in [5, 5.41) is 0.528. The highest BCUT2D eigenvalue weighted by Crippen LogP contribution is 2.15. The van der Waals surface area contributed by atoms with Crippen molar-refractivity contribution in [2.24, 2.45) is 0 Å². The van der Waals surface area contributed by atoms with E-state index in [1.54, 1.807) is 41.3 Å². The second-order valence-electron chi connectivity index (χ2n) is 6.49. The maximum absolute atomic E-state index is 13.9. The molecule has 0 aromatic heterocycles. The van der Waals surface area contributed by atoms with Gasteiger partial charge in [-0.25, -0.2) is 4.39 Å². The van der Waals surface area contributed by atoms with Crippen molar-refractivity contribution in [3.63, 3.8) is 0 Å². The molecule has 1 amide bonds. The third-order valence-corrected chi connectivity index (χ3v) is 4.76. The standard InChI is InChI=1S/C20H20ClFN2O2/c1-14-5-6-18(22)17(11-14)19(25)13-23-7-9-24(10-8-23)20(26)15-3-2-4-16(21)12-15/h2-6,11-12H,7-10,13H2,1H3. The molecular weight excluding hydrogens is 355 g/mol. The van der Waals surface area contributed by atoms with Crippen LogP contribution in [-0.2, 0) is 0 Å². The molecule has 6 heteroatoms. The second kappa shape index (κ2) is 7.98. The Morgan fingerprint density at radius 3 is 2.50 bits per heavy atom. The van der Waals surface area contributed by atoms with Gasteiger partial charge in [0.15, 0.2) is 5.78 Å². The van der Waals surface area contributed by atoms with Gasteiger partial charge in [-0.05, 0) is 37.3 Å². The quantitative estimate of drug-likeness (QED) is 0.770. The number of benzene rings is 2. The summed E-state index contributed by atoms with van der Waals surface area (Å²) in [5.74, 6) is -0.792. The lowest BCUT2D eigenvalue weighted by molar-refractivity contribution is 0.0624. The highest BCUT2D eigenvalue weighted by atomic mass is 35.5. The molecule has 0 aliphatic carbocycles. The van der Waals surface area contributed by atoms with Gasteiger partial charge in [-0.15, -0.1) is 0 Å². The van der Waals surface area contributed by atoms with Gasteiger partial charge in [-0.3, -0.25) is 14.5 Å². The van der Waals surface area contributed by atoms with E-state index in [1.807, 2.05) is 11.8 Å². The van der Waals surface area contributed by atoms with E-state index in [1.165, 1.54) is 6.07 Å². The van der Waals surface area contributed by atoms with Gasteiger partial charge < -0.3 is 4.90 Å². The molecule has 1 aliphatic rings. The Labute approximate surface area is 157 Å². The van der Waals surface area contributed by atoms with Crippen LogP contribution in [0.2, 0.25) is 5.02 Å². The highest BCUT2D eigenvalue weighted by Gasteiger charge is 2.24. The fourth-order valence-electron chi connectivity index (χ4n) is 3.05.